The predicted molar refractivity (Wildman–Crippen MR) is 54.2 cm³/mol. The Morgan fingerprint density at radius 1 is 1.87 bits per heavy atom. The largest absolute Gasteiger partial charge is 0.464 e. The topological polar surface area (TPSA) is 44.1 Å². The molecule has 0 spiro atoms. The molecule has 5 heteroatoms. The first kappa shape index (κ1) is 11.4. The molecule has 1 heterocycles. The van der Waals surface area contributed by atoms with Crippen LogP contribution in [-0.4, -0.2) is 29.0 Å². The first-order chi connectivity index (χ1) is 7.08. The number of hydrogen-bond acceptors (Lipinski definition) is 3. The van der Waals surface area contributed by atoms with Crippen molar-refractivity contribution in [3.8, 4) is 0 Å². The summed E-state index contributed by atoms with van der Waals surface area (Å²) in [6, 6.07) is 1.52. The maximum Gasteiger partial charge on any atom is 0.358 e. The van der Waals surface area contributed by atoms with Gasteiger partial charge in [0.2, 0.25) is 0 Å². The van der Waals surface area contributed by atoms with Crippen LogP contribution >= 0.6 is 0 Å². The van der Waals surface area contributed by atoms with Gasteiger partial charge in [-0.25, -0.2) is 9.18 Å². The van der Waals surface area contributed by atoms with Crippen LogP contribution in [0.2, 0.25) is 0 Å². The quantitative estimate of drug-likeness (QED) is 0.713. The van der Waals surface area contributed by atoms with Gasteiger partial charge in [0.15, 0.2) is 5.69 Å². The molecule has 82 valence electrons. The van der Waals surface area contributed by atoms with Gasteiger partial charge in [-0.05, 0) is 19.1 Å². The van der Waals surface area contributed by atoms with Crippen molar-refractivity contribution >= 4 is 12.0 Å². The molecule has 0 fully saturated rings. The highest BCUT2D eigenvalue weighted by Crippen LogP contribution is 2.09. The van der Waals surface area contributed by atoms with Crippen LogP contribution in [0.1, 0.15) is 23.1 Å². The number of carbonyl (C=O) groups excluding carboxylic acids is 1. The zero-order chi connectivity index (χ0) is 11.4. The smallest absolute Gasteiger partial charge is 0.358 e. The van der Waals surface area contributed by atoms with E-state index in [4.69, 9.17) is 0 Å². The molecule has 0 aliphatic carbocycles. The van der Waals surface area contributed by atoms with Crippen molar-refractivity contribution in [2.45, 2.75) is 19.6 Å². The van der Waals surface area contributed by atoms with E-state index >= 15 is 0 Å². The Bertz CT molecular complexity index is 371. The summed E-state index contributed by atoms with van der Waals surface area (Å²) in [7, 11) is 1.27. The van der Waals surface area contributed by atoms with E-state index in [9.17, 15) is 9.18 Å². The molecule has 0 saturated carbocycles. The molecule has 0 aliphatic heterocycles. The van der Waals surface area contributed by atoms with Gasteiger partial charge in [0.25, 0.3) is 0 Å². The molecule has 1 aromatic heterocycles. The van der Waals surface area contributed by atoms with Crippen LogP contribution in [0, 0.1) is 0 Å². The average molecular weight is 212 g/mol. The van der Waals surface area contributed by atoms with E-state index in [-0.39, 0.29) is 12.2 Å². The highest BCUT2D eigenvalue weighted by atomic mass is 19.1. The van der Waals surface area contributed by atoms with Gasteiger partial charge >= 0.3 is 5.97 Å². The van der Waals surface area contributed by atoms with Gasteiger partial charge in [-0.3, -0.25) is 4.68 Å². The Morgan fingerprint density at radius 2 is 2.53 bits per heavy atom. The lowest BCUT2D eigenvalue weighted by atomic mass is 10.3. The SMILES string of the molecule is C=Cc1cc(C(=O)OC)nn1CC(C)F. The number of rotatable bonds is 4. The molecule has 0 radical (unpaired) electrons. The van der Waals surface area contributed by atoms with Crippen LogP contribution in [0.3, 0.4) is 0 Å². The molecule has 0 saturated heterocycles. The van der Waals surface area contributed by atoms with Crippen LogP contribution < -0.4 is 0 Å². The number of aromatic nitrogens is 2. The van der Waals surface area contributed by atoms with Crippen molar-refractivity contribution in [2.24, 2.45) is 0 Å². The lowest BCUT2D eigenvalue weighted by Crippen LogP contribution is -2.11. The van der Waals surface area contributed by atoms with Gasteiger partial charge in [0.05, 0.1) is 19.3 Å². The molecule has 0 bridgehead atoms. The Kier molecular flexibility index (Phi) is 3.60. The normalized spacial score (nSPS) is 12.2. The van der Waals surface area contributed by atoms with E-state index in [0.717, 1.165) is 0 Å². The molecule has 1 unspecified atom stereocenters. The van der Waals surface area contributed by atoms with E-state index in [2.05, 4.69) is 16.4 Å². The van der Waals surface area contributed by atoms with Crippen molar-refractivity contribution < 1.29 is 13.9 Å². The lowest BCUT2D eigenvalue weighted by molar-refractivity contribution is 0.0592. The Balaban J connectivity index is 3.00. The van der Waals surface area contributed by atoms with Crippen molar-refractivity contribution in [2.75, 3.05) is 7.11 Å². The molecular formula is C10H13FN2O2. The fraction of sp³-hybridized carbons (Fsp3) is 0.400. The zero-order valence-electron chi connectivity index (χ0n) is 8.74. The van der Waals surface area contributed by atoms with Crippen molar-refractivity contribution in [1.29, 1.82) is 0 Å². The summed E-state index contributed by atoms with van der Waals surface area (Å²) in [5.74, 6) is -0.539. The van der Waals surface area contributed by atoms with Crippen LogP contribution in [0.15, 0.2) is 12.6 Å². The highest BCUT2D eigenvalue weighted by Gasteiger charge is 2.14. The third kappa shape index (κ3) is 2.65. The maximum atomic E-state index is 12.8. The molecule has 15 heavy (non-hydrogen) atoms. The first-order valence-electron chi connectivity index (χ1n) is 4.51. The van der Waals surface area contributed by atoms with Gasteiger partial charge in [0.1, 0.15) is 6.17 Å². The molecule has 4 nitrogen and oxygen atoms in total. The monoisotopic (exact) mass is 212 g/mol. The van der Waals surface area contributed by atoms with E-state index in [1.807, 2.05) is 0 Å². The second kappa shape index (κ2) is 4.72. The number of esters is 1. The molecule has 1 atom stereocenters. The van der Waals surface area contributed by atoms with E-state index < -0.39 is 12.1 Å². The molecular weight excluding hydrogens is 199 g/mol. The van der Waals surface area contributed by atoms with Gasteiger partial charge < -0.3 is 4.74 Å². The fourth-order valence-corrected chi connectivity index (χ4v) is 1.18. The third-order valence-corrected chi connectivity index (χ3v) is 1.84. The number of ether oxygens (including phenoxy) is 1. The minimum absolute atomic E-state index is 0.0956. The Labute approximate surface area is 87.3 Å². The second-order valence-corrected chi connectivity index (χ2v) is 3.11. The lowest BCUT2D eigenvalue weighted by Gasteiger charge is -2.04. The number of nitrogens with zero attached hydrogens (tertiary/aromatic N) is 2. The summed E-state index contributed by atoms with van der Waals surface area (Å²) in [4.78, 5) is 11.2. The first-order valence-corrected chi connectivity index (χ1v) is 4.51. The number of alkyl halides is 1. The molecule has 0 amide bonds. The Hall–Kier alpha value is -1.65. The summed E-state index contributed by atoms with van der Waals surface area (Å²) >= 11 is 0. The van der Waals surface area contributed by atoms with Crippen molar-refractivity contribution in [1.82, 2.24) is 9.78 Å². The average Bonchev–Trinajstić information content (AvgIpc) is 2.59. The zero-order valence-corrected chi connectivity index (χ0v) is 8.74. The number of methoxy groups -OCH3 is 1. The fourth-order valence-electron chi connectivity index (χ4n) is 1.18. The molecule has 0 aromatic carbocycles. The van der Waals surface area contributed by atoms with E-state index in [0.29, 0.717) is 5.69 Å². The predicted octanol–water partition coefficient (Wildman–Crippen LogP) is 1.67. The Morgan fingerprint density at radius 3 is 3.00 bits per heavy atom. The van der Waals surface area contributed by atoms with Gasteiger partial charge in [-0.1, -0.05) is 6.58 Å². The van der Waals surface area contributed by atoms with Crippen LogP contribution in [0.4, 0.5) is 4.39 Å². The van der Waals surface area contributed by atoms with Crippen LogP contribution in [0.5, 0.6) is 0 Å². The second-order valence-electron chi connectivity index (χ2n) is 3.11. The number of hydrogen-bond donors (Lipinski definition) is 0. The van der Waals surface area contributed by atoms with Gasteiger partial charge in [0, 0.05) is 0 Å². The van der Waals surface area contributed by atoms with E-state index in [1.54, 1.807) is 0 Å². The number of halogens is 1. The van der Waals surface area contributed by atoms with Crippen LogP contribution in [0.25, 0.3) is 6.08 Å². The highest BCUT2D eigenvalue weighted by molar-refractivity contribution is 5.87. The molecule has 0 aliphatic rings. The minimum atomic E-state index is -1.03. The standard InChI is InChI=1S/C10H13FN2O2/c1-4-8-5-9(10(14)15-3)12-13(8)6-7(2)11/h4-5,7H,1,6H2,2-3H3. The van der Waals surface area contributed by atoms with E-state index in [1.165, 1.54) is 30.9 Å². The van der Waals surface area contributed by atoms with Gasteiger partial charge in [-0.2, -0.15) is 5.10 Å². The summed E-state index contributed by atoms with van der Waals surface area (Å²) < 4.78 is 18.7. The third-order valence-electron chi connectivity index (χ3n) is 1.84. The molecule has 0 N–H and O–H groups in total. The maximum absolute atomic E-state index is 12.8. The summed E-state index contributed by atoms with van der Waals surface area (Å²) in [6.07, 6.45) is 0.482. The minimum Gasteiger partial charge on any atom is -0.464 e. The number of carbonyl (C=O) groups is 1. The molecule has 1 aromatic rings. The van der Waals surface area contributed by atoms with Gasteiger partial charge in [-0.15, -0.1) is 0 Å². The summed E-state index contributed by atoms with van der Waals surface area (Å²) in [6.45, 7) is 5.08. The van der Waals surface area contributed by atoms with Crippen molar-refractivity contribution in [3.05, 3.63) is 24.0 Å². The van der Waals surface area contributed by atoms with Crippen LogP contribution in [-0.2, 0) is 11.3 Å². The van der Waals surface area contributed by atoms with Crippen molar-refractivity contribution in [3.63, 3.8) is 0 Å². The molecule has 1 rings (SSSR count). The summed E-state index contributed by atoms with van der Waals surface area (Å²) in [5, 5.41) is 3.92. The summed E-state index contributed by atoms with van der Waals surface area (Å²) in [5.41, 5.74) is 0.757.